The average molecular weight is 335 g/mol. The minimum Gasteiger partial charge on any atom is -0.439 e. The first-order chi connectivity index (χ1) is 12.3. The molecule has 3 aromatic rings. The SMILES string of the molecule is O=C(Nc1ccccc1)[C@@H]1CCCN(Cc2nc3ccccc3o2)C1. The molecule has 0 spiro atoms. The molecule has 0 bridgehead atoms. The molecule has 2 aromatic carbocycles. The number of likely N-dealkylation sites (tertiary alicyclic amines) is 1. The lowest BCUT2D eigenvalue weighted by atomic mass is 9.97. The van der Waals surface area contributed by atoms with E-state index in [1.807, 2.05) is 54.6 Å². The van der Waals surface area contributed by atoms with E-state index in [0.29, 0.717) is 12.4 Å². The Morgan fingerprint density at radius 3 is 2.80 bits per heavy atom. The summed E-state index contributed by atoms with van der Waals surface area (Å²) < 4.78 is 5.81. The Kier molecular flexibility index (Phi) is 4.48. The van der Waals surface area contributed by atoms with Crippen LogP contribution in [0.5, 0.6) is 0 Å². The van der Waals surface area contributed by atoms with Crippen LogP contribution in [-0.2, 0) is 11.3 Å². The van der Waals surface area contributed by atoms with Gasteiger partial charge in [0.2, 0.25) is 11.8 Å². The second-order valence-corrected chi connectivity index (χ2v) is 6.50. The van der Waals surface area contributed by atoms with Gasteiger partial charge in [-0.2, -0.15) is 0 Å². The van der Waals surface area contributed by atoms with Gasteiger partial charge in [0, 0.05) is 12.2 Å². The number of hydrogen-bond acceptors (Lipinski definition) is 4. The summed E-state index contributed by atoms with van der Waals surface area (Å²) in [5, 5.41) is 3.01. The number of carbonyl (C=O) groups is 1. The minimum atomic E-state index is -0.00154. The van der Waals surface area contributed by atoms with Gasteiger partial charge in [0.25, 0.3) is 0 Å². The van der Waals surface area contributed by atoms with Crippen molar-refractivity contribution in [2.75, 3.05) is 18.4 Å². The molecule has 1 aliphatic heterocycles. The molecule has 5 nitrogen and oxygen atoms in total. The zero-order chi connectivity index (χ0) is 17.1. The number of fused-ring (bicyclic) bond motifs is 1. The molecule has 1 aromatic heterocycles. The Bertz CT molecular complexity index is 827. The van der Waals surface area contributed by atoms with Gasteiger partial charge in [-0.25, -0.2) is 4.98 Å². The van der Waals surface area contributed by atoms with Crippen molar-refractivity contribution < 1.29 is 9.21 Å². The number of carbonyl (C=O) groups excluding carboxylic acids is 1. The second-order valence-electron chi connectivity index (χ2n) is 6.50. The monoisotopic (exact) mass is 335 g/mol. The maximum absolute atomic E-state index is 12.5. The lowest BCUT2D eigenvalue weighted by Gasteiger charge is -2.31. The van der Waals surface area contributed by atoms with Crippen molar-refractivity contribution in [3.63, 3.8) is 0 Å². The van der Waals surface area contributed by atoms with Gasteiger partial charge in [0.05, 0.1) is 12.5 Å². The lowest BCUT2D eigenvalue weighted by Crippen LogP contribution is -2.40. The number of amides is 1. The number of hydrogen-bond donors (Lipinski definition) is 1. The number of anilines is 1. The quantitative estimate of drug-likeness (QED) is 0.790. The highest BCUT2D eigenvalue weighted by Gasteiger charge is 2.26. The Labute approximate surface area is 146 Å². The molecule has 1 amide bonds. The van der Waals surface area contributed by atoms with Crippen molar-refractivity contribution in [3.8, 4) is 0 Å². The second kappa shape index (κ2) is 7.07. The van der Waals surface area contributed by atoms with E-state index in [1.165, 1.54) is 0 Å². The highest BCUT2D eigenvalue weighted by atomic mass is 16.3. The number of benzene rings is 2. The summed E-state index contributed by atoms with van der Waals surface area (Å²) in [5.41, 5.74) is 2.55. The summed E-state index contributed by atoms with van der Waals surface area (Å²) in [6, 6.07) is 17.4. The first-order valence-corrected chi connectivity index (χ1v) is 8.71. The molecule has 1 aliphatic rings. The summed E-state index contributed by atoms with van der Waals surface area (Å²) in [7, 11) is 0. The standard InChI is InChI=1S/C20H21N3O2/c24-20(21-16-8-2-1-3-9-16)15-7-6-12-23(13-15)14-19-22-17-10-4-5-11-18(17)25-19/h1-5,8-11,15H,6-7,12-14H2,(H,21,24)/t15-/m1/s1. The number of nitrogens with zero attached hydrogens (tertiary/aromatic N) is 2. The molecule has 1 atom stereocenters. The molecular formula is C20H21N3O2. The summed E-state index contributed by atoms with van der Waals surface area (Å²) in [5.74, 6) is 0.803. The molecule has 1 fully saturated rings. The van der Waals surface area contributed by atoms with E-state index in [-0.39, 0.29) is 11.8 Å². The van der Waals surface area contributed by atoms with Crippen LogP contribution in [0.4, 0.5) is 5.69 Å². The fourth-order valence-electron chi connectivity index (χ4n) is 3.36. The molecular weight excluding hydrogens is 314 g/mol. The van der Waals surface area contributed by atoms with Gasteiger partial charge in [0.1, 0.15) is 5.52 Å². The highest BCUT2D eigenvalue weighted by molar-refractivity contribution is 5.92. The smallest absolute Gasteiger partial charge is 0.228 e. The fourth-order valence-corrected chi connectivity index (χ4v) is 3.36. The van der Waals surface area contributed by atoms with E-state index in [0.717, 1.165) is 42.7 Å². The number of aromatic nitrogens is 1. The molecule has 4 rings (SSSR count). The Balaban J connectivity index is 1.39. The first kappa shape index (κ1) is 15.8. The summed E-state index contributed by atoms with van der Waals surface area (Å²) >= 11 is 0. The molecule has 1 N–H and O–H groups in total. The van der Waals surface area contributed by atoms with Gasteiger partial charge < -0.3 is 9.73 Å². The third kappa shape index (κ3) is 3.72. The molecule has 2 heterocycles. The Hall–Kier alpha value is -2.66. The number of piperidine rings is 1. The fraction of sp³-hybridized carbons (Fsp3) is 0.300. The van der Waals surface area contributed by atoms with Crippen LogP contribution in [0.25, 0.3) is 11.1 Å². The van der Waals surface area contributed by atoms with Crippen LogP contribution in [0.2, 0.25) is 0 Å². The van der Waals surface area contributed by atoms with E-state index >= 15 is 0 Å². The largest absolute Gasteiger partial charge is 0.439 e. The highest BCUT2D eigenvalue weighted by Crippen LogP contribution is 2.22. The summed E-state index contributed by atoms with van der Waals surface area (Å²) in [6.07, 6.45) is 1.93. The van der Waals surface area contributed by atoms with Crippen molar-refractivity contribution in [2.24, 2.45) is 5.92 Å². The lowest BCUT2D eigenvalue weighted by molar-refractivity contribution is -0.121. The molecule has 0 saturated carbocycles. The Morgan fingerprint density at radius 2 is 1.96 bits per heavy atom. The van der Waals surface area contributed by atoms with E-state index in [2.05, 4.69) is 15.2 Å². The maximum Gasteiger partial charge on any atom is 0.228 e. The van der Waals surface area contributed by atoms with Gasteiger partial charge in [-0.1, -0.05) is 30.3 Å². The molecule has 25 heavy (non-hydrogen) atoms. The molecule has 0 aliphatic carbocycles. The van der Waals surface area contributed by atoms with E-state index in [4.69, 9.17) is 4.42 Å². The van der Waals surface area contributed by atoms with Gasteiger partial charge >= 0.3 is 0 Å². The van der Waals surface area contributed by atoms with Crippen LogP contribution < -0.4 is 5.32 Å². The van der Waals surface area contributed by atoms with Crippen molar-refractivity contribution >= 4 is 22.7 Å². The van der Waals surface area contributed by atoms with Crippen LogP contribution in [-0.4, -0.2) is 28.9 Å². The van der Waals surface area contributed by atoms with Crippen molar-refractivity contribution in [1.29, 1.82) is 0 Å². The predicted octanol–water partition coefficient (Wildman–Crippen LogP) is 3.68. The Morgan fingerprint density at radius 1 is 1.16 bits per heavy atom. The molecule has 128 valence electrons. The predicted molar refractivity (Wildman–Crippen MR) is 97.1 cm³/mol. The number of para-hydroxylation sites is 3. The van der Waals surface area contributed by atoms with Crippen LogP contribution in [0.3, 0.4) is 0 Å². The third-order valence-corrected chi connectivity index (χ3v) is 4.61. The number of oxazole rings is 1. The molecule has 0 radical (unpaired) electrons. The van der Waals surface area contributed by atoms with Crippen molar-refractivity contribution in [1.82, 2.24) is 9.88 Å². The zero-order valence-corrected chi connectivity index (χ0v) is 14.0. The normalized spacial score (nSPS) is 18.3. The molecule has 0 unspecified atom stereocenters. The molecule has 1 saturated heterocycles. The van der Waals surface area contributed by atoms with Crippen molar-refractivity contribution in [2.45, 2.75) is 19.4 Å². The average Bonchev–Trinajstić information content (AvgIpc) is 3.05. The minimum absolute atomic E-state index is 0.00154. The maximum atomic E-state index is 12.5. The zero-order valence-electron chi connectivity index (χ0n) is 14.0. The number of rotatable bonds is 4. The third-order valence-electron chi connectivity index (χ3n) is 4.61. The van der Waals surface area contributed by atoms with Gasteiger partial charge in [-0.3, -0.25) is 9.69 Å². The van der Waals surface area contributed by atoms with E-state index in [9.17, 15) is 4.79 Å². The number of nitrogens with one attached hydrogen (secondary N) is 1. The van der Waals surface area contributed by atoms with Crippen LogP contribution in [0.1, 0.15) is 18.7 Å². The summed E-state index contributed by atoms with van der Waals surface area (Å²) in [4.78, 5) is 19.3. The van der Waals surface area contributed by atoms with Gasteiger partial charge in [-0.05, 0) is 43.7 Å². The van der Waals surface area contributed by atoms with E-state index in [1.54, 1.807) is 0 Å². The topological polar surface area (TPSA) is 58.4 Å². The van der Waals surface area contributed by atoms with Crippen LogP contribution in [0, 0.1) is 5.92 Å². The first-order valence-electron chi connectivity index (χ1n) is 8.71. The van der Waals surface area contributed by atoms with Gasteiger partial charge in [-0.15, -0.1) is 0 Å². The van der Waals surface area contributed by atoms with Crippen LogP contribution in [0.15, 0.2) is 59.0 Å². The van der Waals surface area contributed by atoms with Crippen LogP contribution >= 0.6 is 0 Å². The van der Waals surface area contributed by atoms with Gasteiger partial charge in [0.15, 0.2) is 5.58 Å². The summed E-state index contributed by atoms with van der Waals surface area (Å²) in [6.45, 7) is 2.34. The van der Waals surface area contributed by atoms with E-state index < -0.39 is 0 Å². The van der Waals surface area contributed by atoms with Crippen molar-refractivity contribution in [3.05, 3.63) is 60.5 Å². The molecule has 5 heteroatoms.